The van der Waals surface area contributed by atoms with Gasteiger partial charge in [0.1, 0.15) is 0 Å². The predicted octanol–water partition coefficient (Wildman–Crippen LogP) is 3.30. The third-order valence-electron chi connectivity index (χ3n) is 2.21. The topological polar surface area (TPSA) is 0 Å². The van der Waals surface area contributed by atoms with Crippen LogP contribution in [0.3, 0.4) is 0 Å². The molecule has 0 N–H and O–H groups in total. The van der Waals surface area contributed by atoms with Crippen LogP contribution in [0.4, 0.5) is 0 Å². The summed E-state index contributed by atoms with van der Waals surface area (Å²) in [4.78, 5) is 0. The maximum Gasteiger partial charge on any atom is 0.0484 e. The van der Waals surface area contributed by atoms with Gasteiger partial charge in [0, 0.05) is 10.4 Å². The first-order chi connectivity index (χ1) is 6.18. The van der Waals surface area contributed by atoms with Crippen LogP contribution in [0.1, 0.15) is 5.56 Å². The zero-order chi connectivity index (χ0) is 9.42. The molecule has 2 rings (SSSR count). The molecule has 0 spiro atoms. The van der Waals surface area contributed by atoms with E-state index in [2.05, 4.69) is 34.4 Å². The Hall–Kier alpha value is -0.580. The Kier molecular flexibility index (Phi) is 2.27. The van der Waals surface area contributed by atoms with Crippen LogP contribution in [0.5, 0.6) is 0 Å². The van der Waals surface area contributed by atoms with Crippen molar-refractivity contribution < 1.29 is 0 Å². The highest BCUT2D eigenvalue weighted by Gasteiger charge is 2.00. The van der Waals surface area contributed by atoms with Gasteiger partial charge in [-0.25, -0.2) is 0 Å². The van der Waals surface area contributed by atoms with Crippen LogP contribution >= 0.6 is 20.8 Å². The molecule has 66 valence electrons. The lowest BCUT2D eigenvalue weighted by molar-refractivity contribution is 1.55. The van der Waals surface area contributed by atoms with Gasteiger partial charge in [0.15, 0.2) is 0 Å². The minimum atomic E-state index is 0.825. The van der Waals surface area contributed by atoms with E-state index < -0.39 is 0 Å². The fourth-order valence-electron chi connectivity index (χ4n) is 1.41. The summed E-state index contributed by atoms with van der Waals surface area (Å²) in [5, 5.41) is 4.39. The van der Waals surface area contributed by atoms with Crippen molar-refractivity contribution >= 4 is 36.9 Å². The molecule has 1 unspecified atom stereocenters. The number of fused-ring (bicyclic) bond motifs is 1. The predicted molar refractivity (Wildman–Crippen MR) is 63.0 cm³/mol. The van der Waals surface area contributed by atoms with Crippen molar-refractivity contribution in [3.05, 3.63) is 40.9 Å². The van der Waals surface area contributed by atoms with Gasteiger partial charge in [-0.3, -0.25) is 0 Å². The van der Waals surface area contributed by atoms with E-state index in [9.17, 15) is 0 Å². The SMILES string of the molecule is Cc1cc2c(Cl)cccc2cc1P. The van der Waals surface area contributed by atoms with E-state index in [-0.39, 0.29) is 0 Å². The molecular weight excluding hydrogens is 199 g/mol. The van der Waals surface area contributed by atoms with Gasteiger partial charge >= 0.3 is 0 Å². The maximum atomic E-state index is 6.07. The fourth-order valence-corrected chi connectivity index (χ4v) is 1.91. The summed E-state index contributed by atoms with van der Waals surface area (Å²) >= 11 is 6.07. The molecule has 0 aromatic heterocycles. The molecule has 13 heavy (non-hydrogen) atoms. The van der Waals surface area contributed by atoms with E-state index in [0.717, 1.165) is 10.4 Å². The molecule has 0 radical (unpaired) electrons. The average molecular weight is 209 g/mol. The molecule has 1 atom stereocenters. The van der Waals surface area contributed by atoms with E-state index >= 15 is 0 Å². The number of hydrogen-bond donors (Lipinski definition) is 0. The molecule has 2 aromatic rings. The second-order valence-electron chi connectivity index (χ2n) is 3.17. The van der Waals surface area contributed by atoms with Crippen molar-refractivity contribution in [2.24, 2.45) is 0 Å². The van der Waals surface area contributed by atoms with Crippen LogP contribution in [0, 0.1) is 6.92 Å². The minimum Gasteiger partial charge on any atom is -0.105 e. The van der Waals surface area contributed by atoms with Crippen molar-refractivity contribution in [2.45, 2.75) is 6.92 Å². The molecule has 0 bridgehead atoms. The molecule has 0 fully saturated rings. The van der Waals surface area contributed by atoms with Crippen molar-refractivity contribution in [3.8, 4) is 0 Å². The Bertz CT molecular complexity index is 463. The number of rotatable bonds is 0. The normalized spacial score (nSPS) is 10.7. The van der Waals surface area contributed by atoms with Gasteiger partial charge in [-0.05, 0) is 41.4 Å². The third kappa shape index (κ3) is 1.57. The molecule has 2 aromatic carbocycles. The minimum absolute atomic E-state index is 0.825. The van der Waals surface area contributed by atoms with Crippen LogP contribution in [0.15, 0.2) is 30.3 Å². The highest BCUT2D eigenvalue weighted by Crippen LogP contribution is 2.23. The summed E-state index contributed by atoms with van der Waals surface area (Å²) in [6, 6.07) is 10.2. The molecule has 0 saturated heterocycles. The zero-order valence-corrected chi connectivity index (χ0v) is 9.25. The number of hydrogen-bond acceptors (Lipinski definition) is 0. The first-order valence-corrected chi connectivity index (χ1v) is 5.08. The monoisotopic (exact) mass is 208 g/mol. The highest BCUT2D eigenvalue weighted by molar-refractivity contribution is 7.27. The zero-order valence-electron chi connectivity index (χ0n) is 7.34. The van der Waals surface area contributed by atoms with E-state index in [4.69, 9.17) is 11.6 Å². The molecule has 0 aliphatic heterocycles. The van der Waals surface area contributed by atoms with Crippen molar-refractivity contribution in [1.29, 1.82) is 0 Å². The van der Waals surface area contributed by atoms with Gasteiger partial charge in [0.05, 0.1) is 0 Å². The van der Waals surface area contributed by atoms with E-state index in [0.29, 0.717) is 0 Å². The summed E-state index contributed by atoms with van der Waals surface area (Å²) in [6.07, 6.45) is 0. The average Bonchev–Trinajstić information content (AvgIpc) is 2.09. The molecule has 0 aliphatic rings. The van der Waals surface area contributed by atoms with E-state index in [1.165, 1.54) is 16.3 Å². The van der Waals surface area contributed by atoms with Gasteiger partial charge in [-0.2, -0.15) is 0 Å². The first kappa shape index (κ1) is 8.99. The molecule has 0 nitrogen and oxygen atoms in total. The van der Waals surface area contributed by atoms with Crippen molar-refractivity contribution in [3.63, 3.8) is 0 Å². The van der Waals surface area contributed by atoms with Crippen LogP contribution in [0.2, 0.25) is 5.02 Å². The van der Waals surface area contributed by atoms with Gasteiger partial charge in [-0.15, -0.1) is 9.24 Å². The Balaban J connectivity index is 2.89. The van der Waals surface area contributed by atoms with Crippen molar-refractivity contribution in [2.75, 3.05) is 0 Å². The van der Waals surface area contributed by atoms with Gasteiger partial charge in [0.25, 0.3) is 0 Å². The second-order valence-corrected chi connectivity index (χ2v) is 4.20. The fraction of sp³-hybridized carbons (Fsp3) is 0.0909. The Labute approximate surface area is 85.1 Å². The van der Waals surface area contributed by atoms with Gasteiger partial charge in [-0.1, -0.05) is 23.7 Å². The quantitative estimate of drug-likeness (QED) is 0.583. The molecule has 0 amide bonds. The molecule has 0 saturated carbocycles. The van der Waals surface area contributed by atoms with Crippen LogP contribution in [0.25, 0.3) is 10.8 Å². The van der Waals surface area contributed by atoms with Crippen molar-refractivity contribution in [1.82, 2.24) is 0 Å². The summed E-state index contributed by atoms with van der Waals surface area (Å²) in [6.45, 7) is 2.09. The van der Waals surface area contributed by atoms with Gasteiger partial charge in [0.2, 0.25) is 0 Å². The number of aryl methyl sites for hydroxylation is 1. The summed E-state index contributed by atoms with van der Waals surface area (Å²) in [5.74, 6) is 0. The smallest absolute Gasteiger partial charge is 0.0484 e. The Morgan fingerprint density at radius 2 is 2.00 bits per heavy atom. The molecular formula is C11H10ClP. The Morgan fingerprint density at radius 1 is 1.23 bits per heavy atom. The lowest BCUT2D eigenvalue weighted by atomic mass is 10.1. The number of benzene rings is 2. The van der Waals surface area contributed by atoms with E-state index in [1.54, 1.807) is 0 Å². The van der Waals surface area contributed by atoms with Crippen LogP contribution in [-0.2, 0) is 0 Å². The van der Waals surface area contributed by atoms with Crippen LogP contribution < -0.4 is 5.30 Å². The Morgan fingerprint density at radius 3 is 2.77 bits per heavy atom. The summed E-state index contributed by atoms with van der Waals surface area (Å²) in [5.41, 5.74) is 1.26. The van der Waals surface area contributed by atoms with Gasteiger partial charge < -0.3 is 0 Å². The molecule has 2 heteroatoms. The highest BCUT2D eigenvalue weighted by atomic mass is 35.5. The van der Waals surface area contributed by atoms with E-state index in [1.807, 2.05) is 12.1 Å². The lowest BCUT2D eigenvalue weighted by Gasteiger charge is -2.04. The lowest BCUT2D eigenvalue weighted by Crippen LogP contribution is -1.95. The second kappa shape index (κ2) is 3.29. The largest absolute Gasteiger partial charge is 0.105 e. The molecule has 0 heterocycles. The maximum absolute atomic E-state index is 6.07. The third-order valence-corrected chi connectivity index (χ3v) is 3.17. The van der Waals surface area contributed by atoms with Crippen LogP contribution in [-0.4, -0.2) is 0 Å². The first-order valence-electron chi connectivity index (χ1n) is 4.13. The molecule has 0 aliphatic carbocycles. The standard InChI is InChI=1S/C11H10ClP/c1-7-5-9-8(6-11(7)13)3-2-4-10(9)12/h2-6H,13H2,1H3. The summed E-state index contributed by atoms with van der Waals surface area (Å²) < 4.78 is 0. The summed E-state index contributed by atoms with van der Waals surface area (Å²) in [7, 11) is 2.73. The number of halogens is 1.